The molecule has 2 unspecified atom stereocenters. The Labute approximate surface area is 167 Å². The number of rotatable bonds is 7. The number of benzene rings is 3. The monoisotopic (exact) mass is 392 g/mol. The van der Waals surface area contributed by atoms with Crippen molar-refractivity contribution in [3.05, 3.63) is 118 Å². The molecule has 3 aromatic rings. The zero-order valence-electron chi connectivity index (χ0n) is 15.4. The molecule has 0 fully saturated rings. The van der Waals surface area contributed by atoms with Crippen LogP contribution >= 0.6 is 0 Å². The molecule has 0 amide bonds. The normalized spacial score (nSPS) is 13.8. The van der Waals surface area contributed by atoms with Gasteiger partial charge in [0.2, 0.25) is 0 Å². The predicted molar refractivity (Wildman–Crippen MR) is 108 cm³/mol. The van der Waals surface area contributed by atoms with Crippen molar-refractivity contribution < 1.29 is 20.3 Å². The summed E-state index contributed by atoms with van der Waals surface area (Å²) >= 11 is 0. The Balaban J connectivity index is 1.99. The minimum Gasteiger partial charge on any atom is -0.508 e. The van der Waals surface area contributed by atoms with Gasteiger partial charge in [-0.05, 0) is 17.2 Å². The zero-order valence-corrected chi connectivity index (χ0v) is 15.4. The van der Waals surface area contributed by atoms with E-state index >= 15 is 0 Å². The number of non-ortho nitro benzene ring substituents is 1. The van der Waals surface area contributed by atoms with Gasteiger partial charge in [0.1, 0.15) is 5.76 Å². The minimum atomic E-state index is -1.38. The van der Waals surface area contributed by atoms with E-state index in [-0.39, 0.29) is 11.4 Å². The van der Waals surface area contributed by atoms with Crippen molar-refractivity contribution in [1.29, 1.82) is 0 Å². The van der Waals surface area contributed by atoms with E-state index in [0.29, 0.717) is 21.8 Å². The fraction of sp³-hybridized carbons (Fsp3) is 0.0909. The van der Waals surface area contributed by atoms with Crippen LogP contribution in [0.3, 0.4) is 0 Å². The lowest BCUT2D eigenvalue weighted by atomic mass is 10.0. The van der Waals surface area contributed by atoms with Crippen LogP contribution in [-0.2, 0) is 0 Å². The van der Waals surface area contributed by atoms with Crippen molar-refractivity contribution in [2.45, 2.75) is 12.3 Å². The number of nitro groups is 1. The summed E-state index contributed by atoms with van der Waals surface area (Å²) in [4.78, 5) is 10.4. The number of nitrogens with zero attached hydrogens (tertiary/aromatic N) is 2. The third-order valence-electron chi connectivity index (χ3n) is 4.46. The second-order valence-corrected chi connectivity index (χ2v) is 6.38. The molecule has 0 aliphatic rings. The highest BCUT2D eigenvalue weighted by Gasteiger charge is 2.26. The second-order valence-electron chi connectivity index (χ2n) is 6.38. The quantitative estimate of drug-likeness (QED) is 0.234. The fourth-order valence-corrected chi connectivity index (χ4v) is 2.90. The molecule has 0 spiro atoms. The summed E-state index contributed by atoms with van der Waals surface area (Å²) in [5.74, 6) is -0.103. The van der Waals surface area contributed by atoms with Gasteiger partial charge in [-0.25, -0.2) is 0 Å². The van der Waals surface area contributed by atoms with Crippen LogP contribution in [0.1, 0.15) is 29.0 Å². The molecule has 0 aromatic heterocycles. The van der Waals surface area contributed by atoms with E-state index in [2.05, 4.69) is 0 Å². The van der Waals surface area contributed by atoms with Gasteiger partial charge in [0.25, 0.3) is 5.69 Å². The Morgan fingerprint density at radius 3 is 2.00 bits per heavy atom. The number of aliphatic hydroxyl groups is 2. The maximum atomic E-state index is 10.9. The minimum absolute atomic E-state index is 0.100. The molecule has 2 atom stereocenters. The van der Waals surface area contributed by atoms with Gasteiger partial charge in [0.15, 0.2) is 6.23 Å². The van der Waals surface area contributed by atoms with Crippen LogP contribution in [0.2, 0.25) is 0 Å². The summed E-state index contributed by atoms with van der Waals surface area (Å²) in [5, 5.41) is 43.5. The van der Waals surface area contributed by atoms with Crippen LogP contribution in [0.5, 0.6) is 0 Å². The topological polar surface area (TPSA) is 107 Å². The molecular weight excluding hydrogens is 372 g/mol. The smallest absolute Gasteiger partial charge is 0.269 e. The third-order valence-corrected chi connectivity index (χ3v) is 4.46. The molecule has 0 heterocycles. The van der Waals surface area contributed by atoms with Gasteiger partial charge < -0.3 is 15.4 Å². The van der Waals surface area contributed by atoms with Crippen LogP contribution in [0.4, 0.5) is 5.69 Å². The van der Waals surface area contributed by atoms with Crippen LogP contribution in [0.25, 0.3) is 5.76 Å². The van der Waals surface area contributed by atoms with E-state index in [1.807, 2.05) is 6.07 Å². The molecule has 0 saturated heterocycles. The average molecular weight is 392 g/mol. The summed E-state index contributed by atoms with van der Waals surface area (Å²) in [5.41, 5.74) is 1.34. The number of hydroxylamine groups is 2. The van der Waals surface area contributed by atoms with E-state index in [1.54, 1.807) is 54.6 Å². The maximum absolute atomic E-state index is 10.9. The molecule has 3 aromatic carbocycles. The van der Waals surface area contributed by atoms with Gasteiger partial charge in [-0.3, -0.25) is 10.1 Å². The molecule has 3 N–H and O–H groups in total. The largest absolute Gasteiger partial charge is 0.508 e. The van der Waals surface area contributed by atoms with Crippen molar-refractivity contribution in [3.63, 3.8) is 0 Å². The van der Waals surface area contributed by atoms with E-state index in [0.717, 1.165) is 0 Å². The van der Waals surface area contributed by atoms with Gasteiger partial charge in [0, 0.05) is 17.7 Å². The Bertz CT molecular complexity index is 975. The number of hydrogen-bond donors (Lipinski definition) is 3. The van der Waals surface area contributed by atoms with Gasteiger partial charge >= 0.3 is 0 Å². The summed E-state index contributed by atoms with van der Waals surface area (Å²) in [7, 11) is 0. The first-order chi connectivity index (χ1) is 14.0. The summed E-state index contributed by atoms with van der Waals surface area (Å²) in [6.45, 7) is 0. The third kappa shape index (κ3) is 4.85. The highest BCUT2D eigenvalue weighted by molar-refractivity contribution is 5.59. The lowest BCUT2D eigenvalue weighted by Crippen LogP contribution is -2.29. The molecular formula is C22H20N2O5. The van der Waals surface area contributed by atoms with Crippen molar-refractivity contribution in [3.8, 4) is 0 Å². The lowest BCUT2D eigenvalue weighted by Gasteiger charge is -2.28. The Morgan fingerprint density at radius 2 is 1.45 bits per heavy atom. The van der Waals surface area contributed by atoms with Gasteiger partial charge in [-0.1, -0.05) is 72.8 Å². The van der Waals surface area contributed by atoms with Crippen LogP contribution in [-0.4, -0.2) is 25.4 Å². The summed E-state index contributed by atoms with van der Waals surface area (Å²) in [6, 6.07) is 21.9. The first-order valence-corrected chi connectivity index (χ1v) is 8.88. The Morgan fingerprint density at radius 1 is 0.897 bits per heavy atom. The zero-order chi connectivity index (χ0) is 20.8. The number of nitro benzene ring substituents is 1. The molecule has 0 radical (unpaired) electrons. The maximum Gasteiger partial charge on any atom is 0.269 e. The van der Waals surface area contributed by atoms with E-state index in [1.165, 1.54) is 30.3 Å². The highest BCUT2D eigenvalue weighted by Crippen LogP contribution is 2.31. The number of aliphatic hydroxyl groups excluding tert-OH is 2. The van der Waals surface area contributed by atoms with Crippen molar-refractivity contribution in [1.82, 2.24) is 5.06 Å². The van der Waals surface area contributed by atoms with E-state index < -0.39 is 17.2 Å². The van der Waals surface area contributed by atoms with Crippen LogP contribution in [0, 0.1) is 10.1 Å². The predicted octanol–water partition coefficient (Wildman–Crippen LogP) is 4.62. The lowest BCUT2D eigenvalue weighted by molar-refractivity contribution is -0.384. The Hall–Kier alpha value is -3.52. The summed E-state index contributed by atoms with van der Waals surface area (Å²) < 4.78 is 0. The molecule has 29 heavy (non-hydrogen) atoms. The first-order valence-electron chi connectivity index (χ1n) is 8.88. The van der Waals surface area contributed by atoms with Crippen molar-refractivity contribution in [2.24, 2.45) is 0 Å². The molecule has 7 nitrogen and oxygen atoms in total. The fourth-order valence-electron chi connectivity index (χ4n) is 2.90. The van der Waals surface area contributed by atoms with Gasteiger partial charge in [-0.15, -0.1) is 5.06 Å². The van der Waals surface area contributed by atoms with Gasteiger partial charge in [0.05, 0.1) is 11.0 Å². The molecule has 7 heteroatoms. The van der Waals surface area contributed by atoms with E-state index in [4.69, 9.17) is 0 Å². The highest BCUT2D eigenvalue weighted by atomic mass is 16.6. The van der Waals surface area contributed by atoms with Crippen LogP contribution < -0.4 is 0 Å². The first kappa shape index (κ1) is 20.2. The Kier molecular flexibility index (Phi) is 6.36. The molecule has 0 bridgehead atoms. The molecule has 0 aliphatic heterocycles. The molecule has 0 aliphatic carbocycles. The van der Waals surface area contributed by atoms with Gasteiger partial charge in [-0.2, -0.15) is 0 Å². The number of hydrogen-bond acceptors (Lipinski definition) is 6. The van der Waals surface area contributed by atoms with Crippen molar-refractivity contribution >= 4 is 11.4 Å². The SMILES string of the molecule is O=[N+]([O-])c1ccc(C(/C=C(\O)c2ccccc2)N(O)C(O)c2ccccc2)cc1. The average Bonchev–Trinajstić information content (AvgIpc) is 2.77. The molecule has 3 rings (SSSR count). The summed E-state index contributed by atoms with van der Waals surface area (Å²) in [6.07, 6.45) is -0.000865. The standard InChI is InChI=1S/C22H20N2O5/c25-21(17-7-3-1-4-8-17)15-20(16-11-13-19(14-12-16)24(28)29)23(27)22(26)18-9-5-2-6-10-18/h1-15,20,22,25-27H/b21-15-. The molecule has 148 valence electrons. The van der Waals surface area contributed by atoms with Crippen molar-refractivity contribution in [2.75, 3.05) is 0 Å². The second kappa shape index (κ2) is 9.11. The van der Waals surface area contributed by atoms with E-state index in [9.17, 15) is 25.5 Å². The van der Waals surface area contributed by atoms with Crippen LogP contribution in [0.15, 0.2) is 91.0 Å². The molecule has 0 saturated carbocycles.